The lowest BCUT2D eigenvalue weighted by molar-refractivity contribution is 0.0970. The molecule has 4 heteroatoms. The number of hydrogen-bond acceptors (Lipinski definition) is 3. The van der Waals surface area contributed by atoms with E-state index in [1.54, 1.807) is 6.20 Å². The number of thiophene rings is 1. The Kier molecular flexibility index (Phi) is 4.73. The lowest BCUT2D eigenvalue weighted by Crippen LogP contribution is -2.17. The molecular formula is C23H17NO2S. The van der Waals surface area contributed by atoms with Gasteiger partial charge in [-0.3, -0.25) is 4.79 Å². The summed E-state index contributed by atoms with van der Waals surface area (Å²) < 4.78 is 0.885. The van der Waals surface area contributed by atoms with Crippen molar-refractivity contribution in [2.45, 2.75) is 0 Å². The zero-order chi connectivity index (χ0) is 18.6. The van der Waals surface area contributed by atoms with E-state index in [0.717, 1.165) is 26.8 Å². The van der Waals surface area contributed by atoms with Crippen molar-refractivity contribution in [3.8, 4) is 5.06 Å². The molecule has 1 heterocycles. The van der Waals surface area contributed by atoms with Crippen molar-refractivity contribution >= 4 is 32.9 Å². The summed E-state index contributed by atoms with van der Waals surface area (Å²) in [5.74, 6) is -0.325. The highest BCUT2D eigenvalue weighted by molar-refractivity contribution is 7.21. The molecule has 0 aliphatic carbocycles. The van der Waals surface area contributed by atoms with E-state index in [1.807, 2.05) is 84.9 Å². The zero-order valence-corrected chi connectivity index (χ0v) is 15.2. The van der Waals surface area contributed by atoms with E-state index < -0.39 is 0 Å². The number of hydrogen-bond donors (Lipinski definition) is 2. The molecule has 27 heavy (non-hydrogen) atoms. The van der Waals surface area contributed by atoms with Gasteiger partial charge in [-0.05, 0) is 17.2 Å². The second-order valence-electron chi connectivity index (χ2n) is 6.04. The van der Waals surface area contributed by atoms with E-state index >= 15 is 0 Å². The van der Waals surface area contributed by atoms with Crippen LogP contribution in [-0.4, -0.2) is 11.0 Å². The molecule has 0 saturated heterocycles. The third-order valence-corrected chi connectivity index (χ3v) is 5.29. The number of rotatable bonds is 4. The molecule has 0 saturated carbocycles. The number of benzene rings is 3. The van der Waals surface area contributed by atoms with E-state index in [9.17, 15) is 9.90 Å². The Morgan fingerprint density at radius 1 is 0.815 bits per heavy atom. The molecule has 1 aromatic heterocycles. The van der Waals surface area contributed by atoms with Gasteiger partial charge in [-0.15, -0.1) is 0 Å². The first-order chi connectivity index (χ1) is 13.2. The second kappa shape index (κ2) is 7.48. The van der Waals surface area contributed by atoms with Gasteiger partial charge in [-0.25, -0.2) is 0 Å². The Labute approximate surface area is 161 Å². The molecule has 1 amide bonds. The van der Waals surface area contributed by atoms with E-state index in [4.69, 9.17) is 0 Å². The van der Waals surface area contributed by atoms with Crippen LogP contribution in [0, 0.1) is 0 Å². The number of carbonyl (C=O) groups excluding carboxylic acids is 1. The SMILES string of the molecule is O=C(NC=C(c1ccccc1)c1ccccc1)c1c(O)sc2ccccc12. The van der Waals surface area contributed by atoms with Gasteiger partial charge >= 0.3 is 0 Å². The third-order valence-electron chi connectivity index (χ3n) is 4.32. The maximum Gasteiger partial charge on any atom is 0.260 e. The minimum Gasteiger partial charge on any atom is -0.499 e. The average Bonchev–Trinajstić information content (AvgIpc) is 3.05. The number of aromatic hydroxyl groups is 1. The fourth-order valence-electron chi connectivity index (χ4n) is 3.03. The summed E-state index contributed by atoms with van der Waals surface area (Å²) in [4.78, 5) is 12.8. The molecule has 0 aliphatic heterocycles. The number of fused-ring (bicyclic) bond motifs is 1. The van der Waals surface area contributed by atoms with Gasteiger partial charge in [-0.2, -0.15) is 0 Å². The minimum atomic E-state index is -0.325. The lowest BCUT2D eigenvalue weighted by atomic mass is 9.99. The number of carbonyl (C=O) groups is 1. The van der Waals surface area contributed by atoms with Crippen molar-refractivity contribution in [3.05, 3.63) is 108 Å². The highest BCUT2D eigenvalue weighted by Gasteiger charge is 2.18. The molecule has 4 aromatic rings. The standard InChI is InChI=1S/C23H17NO2S/c25-22(21-18-13-7-8-14-20(18)27-23(21)26)24-15-19(16-9-3-1-4-10-16)17-11-5-2-6-12-17/h1-15,26H,(H,24,25). The van der Waals surface area contributed by atoms with E-state index in [1.165, 1.54) is 11.3 Å². The van der Waals surface area contributed by atoms with Gasteiger partial charge in [0, 0.05) is 21.9 Å². The van der Waals surface area contributed by atoms with Crippen LogP contribution in [0.2, 0.25) is 0 Å². The predicted octanol–water partition coefficient (Wildman–Crippen LogP) is 5.43. The van der Waals surface area contributed by atoms with Crippen molar-refractivity contribution in [2.24, 2.45) is 0 Å². The fourth-order valence-corrected chi connectivity index (χ4v) is 3.97. The molecule has 0 atom stereocenters. The van der Waals surface area contributed by atoms with Crippen LogP contribution in [0.5, 0.6) is 5.06 Å². The van der Waals surface area contributed by atoms with Crippen LogP contribution in [-0.2, 0) is 0 Å². The molecule has 0 spiro atoms. The van der Waals surface area contributed by atoms with Gasteiger partial charge in [0.1, 0.15) is 5.56 Å². The summed E-state index contributed by atoms with van der Waals surface area (Å²) in [5, 5.41) is 13.9. The van der Waals surface area contributed by atoms with Crippen LogP contribution in [0.1, 0.15) is 21.5 Å². The molecule has 4 rings (SSSR count). The van der Waals surface area contributed by atoms with Crippen molar-refractivity contribution in [3.63, 3.8) is 0 Å². The first kappa shape index (κ1) is 17.1. The smallest absolute Gasteiger partial charge is 0.260 e. The highest BCUT2D eigenvalue weighted by Crippen LogP contribution is 2.36. The summed E-state index contributed by atoms with van der Waals surface area (Å²) >= 11 is 1.21. The van der Waals surface area contributed by atoms with Crippen molar-refractivity contribution in [1.29, 1.82) is 0 Å². The van der Waals surface area contributed by atoms with Gasteiger partial charge in [0.15, 0.2) is 5.06 Å². The lowest BCUT2D eigenvalue weighted by Gasteiger charge is -2.09. The maximum absolute atomic E-state index is 12.8. The Balaban J connectivity index is 1.71. The molecule has 2 N–H and O–H groups in total. The minimum absolute atomic E-state index is 0.0306. The van der Waals surface area contributed by atoms with Crippen LogP contribution >= 0.6 is 11.3 Å². The quantitative estimate of drug-likeness (QED) is 0.503. The topological polar surface area (TPSA) is 49.3 Å². The Morgan fingerprint density at radius 3 is 2.00 bits per heavy atom. The predicted molar refractivity (Wildman–Crippen MR) is 111 cm³/mol. The fraction of sp³-hybridized carbons (Fsp3) is 0. The van der Waals surface area contributed by atoms with Gasteiger partial charge < -0.3 is 10.4 Å². The first-order valence-corrected chi connectivity index (χ1v) is 9.38. The third kappa shape index (κ3) is 3.48. The van der Waals surface area contributed by atoms with Crippen LogP contribution in [0.15, 0.2) is 91.1 Å². The van der Waals surface area contributed by atoms with Crippen LogP contribution in [0.25, 0.3) is 15.7 Å². The molecule has 0 unspecified atom stereocenters. The van der Waals surface area contributed by atoms with E-state index in [2.05, 4.69) is 5.32 Å². The maximum atomic E-state index is 12.8. The molecule has 0 fully saturated rings. The number of nitrogens with one attached hydrogen (secondary N) is 1. The molecule has 3 aromatic carbocycles. The summed E-state index contributed by atoms with van der Waals surface area (Å²) in [5.41, 5.74) is 3.22. The Hall–Kier alpha value is -3.37. The monoisotopic (exact) mass is 371 g/mol. The average molecular weight is 371 g/mol. The Bertz CT molecular complexity index is 1070. The molecule has 0 aliphatic rings. The Morgan fingerprint density at radius 2 is 1.37 bits per heavy atom. The van der Waals surface area contributed by atoms with Crippen LogP contribution in [0.3, 0.4) is 0 Å². The zero-order valence-electron chi connectivity index (χ0n) is 14.4. The molecule has 0 radical (unpaired) electrons. The highest BCUT2D eigenvalue weighted by atomic mass is 32.1. The molecule has 0 bridgehead atoms. The van der Waals surface area contributed by atoms with Gasteiger partial charge in [0.2, 0.25) is 0 Å². The molecular weight excluding hydrogens is 354 g/mol. The molecule has 3 nitrogen and oxygen atoms in total. The van der Waals surface area contributed by atoms with Crippen molar-refractivity contribution in [2.75, 3.05) is 0 Å². The van der Waals surface area contributed by atoms with Gasteiger partial charge in [0.25, 0.3) is 5.91 Å². The molecule has 132 valence electrons. The first-order valence-electron chi connectivity index (χ1n) is 8.56. The summed E-state index contributed by atoms with van der Waals surface area (Å²) in [6, 6.07) is 27.3. The number of amides is 1. The van der Waals surface area contributed by atoms with Crippen LogP contribution < -0.4 is 5.32 Å². The van der Waals surface area contributed by atoms with E-state index in [-0.39, 0.29) is 11.0 Å². The van der Waals surface area contributed by atoms with Crippen molar-refractivity contribution < 1.29 is 9.90 Å². The second-order valence-corrected chi connectivity index (χ2v) is 7.07. The normalized spacial score (nSPS) is 10.5. The van der Waals surface area contributed by atoms with Crippen LogP contribution in [0.4, 0.5) is 0 Å². The van der Waals surface area contributed by atoms with E-state index in [0.29, 0.717) is 5.56 Å². The van der Waals surface area contributed by atoms with Gasteiger partial charge in [-0.1, -0.05) is 90.2 Å². The largest absolute Gasteiger partial charge is 0.499 e. The van der Waals surface area contributed by atoms with Gasteiger partial charge in [0.05, 0.1) is 0 Å². The summed E-state index contributed by atoms with van der Waals surface area (Å²) in [6.07, 6.45) is 1.71. The summed E-state index contributed by atoms with van der Waals surface area (Å²) in [7, 11) is 0. The van der Waals surface area contributed by atoms with Crippen molar-refractivity contribution in [1.82, 2.24) is 5.32 Å². The summed E-state index contributed by atoms with van der Waals surface area (Å²) in [6.45, 7) is 0.